The molecule has 0 fully saturated rings. The molecule has 1 rings (SSSR count). The molecule has 0 atom stereocenters. The van der Waals surface area contributed by atoms with Gasteiger partial charge in [-0.05, 0) is 24.6 Å². The Kier molecular flexibility index (Phi) is 4.62. The topological polar surface area (TPSA) is 38.3 Å². The van der Waals surface area contributed by atoms with E-state index < -0.39 is 0 Å². The van der Waals surface area contributed by atoms with Gasteiger partial charge in [-0.1, -0.05) is 18.5 Å². The van der Waals surface area contributed by atoms with Crippen LogP contribution in [0, 0.1) is 6.92 Å². The number of benzene rings is 1. The van der Waals surface area contributed by atoms with Gasteiger partial charge in [-0.3, -0.25) is 4.79 Å². The number of hydrogen-bond donors (Lipinski definition) is 1. The number of methoxy groups -OCH3 is 1. The maximum atomic E-state index is 11.2. The number of carbonyl (C=O) groups excluding carboxylic acids is 1. The van der Waals surface area contributed by atoms with Crippen molar-refractivity contribution in [2.24, 2.45) is 0 Å². The summed E-state index contributed by atoms with van der Waals surface area (Å²) in [6, 6.07) is 3.65. The first-order valence-electron chi connectivity index (χ1n) is 5.18. The number of nitrogens with one attached hydrogen (secondary N) is 1. The van der Waals surface area contributed by atoms with Crippen LogP contribution in [0.3, 0.4) is 0 Å². The standard InChI is InChI=1S/C12H16ClNO2/c1-4-11(15)14-7-9-6-10(13)5-8(2)12(9)16-3/h5-6H,4,7H2,1-3H3,(H,14,15). The minimum Gasteiger partial charge on any atom is -0.496 e. The number of carbonyl (C=O) groups is 1. The average Bonchev–Trinajstić information content (AvgIpc) is 2.25. The summed E-state index contributed by atoms with van der Waals surface area (Å²) in [5.74, 6) is 0.792. The van der Waals surface area contributed by atoms with E-state index in [0.29, 0.717) is 18.0 Å². The van der Waals surface area contributed by atoms with E-state index in [0.717, 1.165) is 16.9 Å². The maximum absolute atomic E-state index is 11.2. The second-order valence-corrected chi connectivity index (χ2v) is 3.98. The van der Waals surface area contributed by atoms with Crippen molar-refractivity contribution in [2.45, 2.75) is 26.8 Å². The van der Waals surface area contributed by atoms with Gasteiger partial charge in [0.05, 0.1) is 7.11 Å². The Morgan fingerprint density at radius 2 is 2.19 bits per heavy atom. The molecule has 0 aliphatic heterocycles. The molecule has 0 aliphatic rings. The monoisotopic (exact) mass is 241 g/mol. The Morgan fingerprint density at radius 3 is 2.75 bits per heavy atom. The van der Waals surface area contributed by atoms with Crippen LogP contribution in [0.15, 0.2) is 12.1 Å². The minimum atomic E-state index is 0.0136. The van der Waals surface area contributed by atoms with E-state index in [1.807, 2.05) is 26.0 Å². The third kappa shape index (κ3) is 3.14. The zero-order valence-corrected chi connectivity index (χ0v) is 10.5. The van der Waals surface area contributed by atoms with Crippen molar-refractivity contribution in [2.75, 3.05) is 7.11 Å². The number of amides is 1. The van der Waals surface area contributed by atoms with Crippen LogP contribution >= 0.6 is 11.6 Å². The molecule has 0 heterocycles. The highest BCUT2D eigenvalue weighted by Crippen LogP contribution is 2.27. The minimum absolute atomic E-state index is 0.0136. The van der Waals surface area contributed by atoms with Gasteiger partial charge in [-0.2, -0.15) is 0 Å². The number of rotatable bonds is 4. The predicted octanol–water partition coefficient (Wildman–Crippen LogP) is 2.68. The third-order valence-electron chi connectivity index (χ3n) is 2.32. The van der Waals surface area contributed by atoms with E-state index >= 15 is 0 Å². The SMILES string of the molecule is CCC(=O)NCc1cc(Cl)cc(C)c1OC. The highest BCUT2D eigenvalue weighted by atomic mass is 35.5. The molecule has 1 aromatic rings. The van der Waals surface area contributed by atoms with Crippen molar-refractivity contribution in [3.8, 4) is 5.75 Å². The van der Waals surface area contributed by atoms with Crippen LogP contribution in [0.5, 0.6) is 5.75 Å². The van der Waals surface area contributed by atoms with Crippen molar-refractivity contribution in [1.82, 2.24) is 5.32 Å². The third-order valence-corrected chi connectivity index (χ3v) is 2.54. The molecule has 0 unspecified atom stereocenters. The van der Waals surface area contributed by atoms with Gasteiger partial charge < -0.3 is 10.1 Å². The number of aryl methyl sites for hydroxylation is 1. The molecule has 0 radical (unpaired) electrons. The van der Waals surface area contributed by atoms with Crippen molar-refractivity contribution >= 4 is 17.5 Å². The summed E-state index contributed by atoms with van der Waals surface area (Å²) >= 11 is 5.96. The largest absolute Gasteiger partial charge is 0.496 e. The molecule has 4 heteroatoms. The molecule has 88 valence electrons. The van der Waals surface area contributed by atoms with E-state index in [9.17, 15) is 4.79 Å². The van der Waals surface area contributed by atoms with Gasteiger partial charge in [0.25, 0.3) is 0 Å². The van der Waals surface area contributed by atoms with Crippen LogP contribution in [0.4, 0.5) is 0 Å². The van der Waals surface area contributed by atoms with Crippen molar-refractivity contribution < 1.29 is 9.53 Å². The number of ether oxygens (including phenoxy) is 1. The molecule has 1 N–H and O–H groups in total. The number of halogens is 1. The highest BCUT2D eigenvalue weighted by molar-refractivity contribution is 6.30. The molecule has 0 aromatic heterocycles. The molecular formula is C12H16ClNO2. The molecule has 16 heavy (non-hydrogen) atoms. The maximum Gasteiger partial charge on any atom is 0.219 e. The number of hydrogen-bond acceptors (Lipinski definition) is 2. The van der Waals surface area contributed by atoms with Gasteiger partial charge in [0.1, 0.15) is 5.75 Å². The lowest BCUT2D eigenvalue weighted by molar-refractivity contribution is -0.120. The second-order valence-electron chi connectivity index (χ2n) is 3.55. The van der Waals surface area contributed by atoms with Crippen molar-refractivity contribution in [1.29, 1.82) is 0 Å². The van der Waals surface area contributed by atoms with E-state index in [1.165, 1.54) is 0 Å². The lowest BCUT2D eigenvalue weighted by atomic mass is 10.1. The zero-order valence-electron chi connectivity index (χ0n) is 9.76. The Labute approximate surface area is 101 Å². The lowest BCUT2D eigenvalue weighted by Gasteiger charge is -2.12. The predicted molar refractivity (Wildman–Crippen MR) is 64.9 cm³/mol. The molecule has 0 spiro atoms. The fraction of sp³-hybridized carbons (Fsp3) is 0.417. The van der Waals surface area contributed by atoms with Gasteiger partial charge in [0.15, 0.2) is 0 Å². The van der Waals surface area contributed by atoms with E-state index in [-0.39, 0.29) is 5.91 Å². The molecule has 1 aromatic carbocycles. The molecule has 0 saturated carbocycles. The van der Waals surface area contributed by atoms with E-state index in [1.54, 1.807) is 7.11 Å². The van der Waals surface area contributed by atoms with E-state index in [4.69, 9.17) is 16.3 Å². The van der Waals surface area contributed by atoms with Crippen LogP contribution in [-0.2, 0) is 11.3 Å². The molecular weight excluding hydrogens is 226 g/mol. The molecule has 3 nitrogen and oxygen atoms in total. The second kappa shape index (κ2) is 5.75. The van der Waals surface area contributed by atoms with Gasteiger partial charge in [0, 0.05) is 23.6 Å². The highest BCUT2D eigenvalue weighted by Gasteiger charge is 2.08. The fourth-order valence-electron chi connectivity index (χ4n) is 1.54. The summed E-state index contributed by atoms with van der Waals surface area (Å²) in [5, 5.41) is 3.45. The van der Waals surface area contributed by atoms with Gasteiger partial charge in [-0.15, -0.1) is 0 Å². The summed E-state index contributed by atoms with van der Waals surface area (Å²) in [7, 11) is 1.61. The fourth-order valence-corrected chi connectivity index (χ4v) is 1.84. The zero-order chi connectivity index (χ0) is 12.1. The van der Waals surface area contributed by atoms with Gasteiger partial charge >= 0.3 is 0 Å². The van der Waals surface area contributed by atoms with Crippen LogP contribution in [0.2, 0.25) is 5.02 Å². The summed E-state index contributed by atoms with van der Waals surface area (Å²) in [5.41, 5.74) is 1.87. The first-order valence-corrected chi connectivity index (χ1v) is 5.56. The van der Waals surface area contributed by atoms with Gasteiger partial charge in [0.2, 0.25) is 5.91 Å². The average molecular weight is 242 g/mol. The summed E-state index contributed by atoms with van der Waals surface area (Å²) < 4.78 is 5.29. The quantitative estimate of drug-likeness (QED) is 0.880. The Balaban J connectivity index is 2.89. The van der Waals surface area contributed by atoms with Gasteiger partial charge in [-0.25, -0.2) is 0 Å². The molecule has 1 amide bonds. The van der Waals surface area contributed by atoms with Crippen LogP contribution in [0.25, 0.3) is 0 Å². The normalized spacial score (nSPS) is 10.0. The van der Waals surface area contributed by atoms with E-state index in [2.05, 4.69) is 5.32 Å². The molecule has 0 bridgehead atoms. The summed E-state index contributed by atoms with van der Waals surface area (Å²) in [4.78, 5) is 11.2. The van der Waals surface area contributed by atoms with Crippen molar-refractivity contribution in [3.63, 3.8) is 0 Å². The Bertz CT molecular complexity index is 391. The van der Waals surface area contributed by atoms with Crippen molar-refractivity contribution in [3.05, 3.63) is 28.3 Å². The first-order chi connectivity index (χ1) is 7.58. The van der Waals surface area contributed by atoms with Crippen LogP contribution < -0.4 is 10.1 Å². The van der Waals surface area contributed by atoms with Crippen LogP contribution in [0.1, 0.15) is 24.5 Å². The lowest BCUT2D eigenvalue weighted by Crippen LogP contribution is -2.21. The molecule has 0 saturated heterocycles. The summed E-state index contributed by atoms with van der Waals surface area (Å²) in [6.07, 6.45) is 0.474. The Hall–Kier alpha value is -1.22. The first kappa shape index (κ1) is 12.8. The summed E-state index contributed by atoms with van der Waals surface area (Å²) in [6.45, 7) is 4.18. The Morgan fingerprint density at radius 1 is 1.50 bits per heavy atom. The molecule has 0 aliphatic carbocycles. The smallest absolute Gasteiger partial charge is 0.219 e. The van der Waals surface area contributed by atoms with Crippen LogP contribution in [-0.4, -0.2) is 13.0 Å².